The van der Waals surface area contributed by atoms with Crippen LogP contribution < -0.4 is 10.6 Å². The van der Waals surface area contributed by atoms with E-state index in [1.54, 1.807) is 12.3 Å². The minimum atomic E-state index is -0.109. The van der Waals surface area contributed by atoms with Crippen molar-refractivity contribution in [3.05, 3.63) is 24.0 Å². The van der Waals surface area contributed by atoms with E-state index in [-0.39, 0.29) is 5.91 Å². The van der Waals surface area contributed by atoms with Crippen LogP contribution in [0.25, 0.3) is 0 Å². The maximum absolute atomic E-state index is 12.0. The first-order valence-corrected chi connectivity index (χ1v) is 7.33. The number of amides is 1. The Morgan fingerprint density at radius 1 is 1.45 bits per heavy atom. The fourth-order valence-corrected chi connectivity index (χ4v) is 2.67. The third-order valence-corrected chi connectivity index (χ3v) is 3.98. The molecule has 110 valence electrons. The van der Waals surface area contributed by atoms with E-state index in [9.17, 15) is 4.79 Å². The van der Waals surface area contributed by atoms with Gasteiger partial charge in [-0.15, -0.1) is 0 Å². The number of nitrogens with zero attached hydrogens (tertiary/aromatic N) is 2. The average Bonchev–Trinajstić information content (AvgIpc) is 3.01. The number of pyridine rings is 1. The predicted octanol–water partition coefficient (Wildman–Crippen LogP) is 1.73. The van der Waals surface area contributed by atoms with Gasteiger partial charge >= 0.3 is 0 Å². The molecular formula is C15H24N4O. The van der Waals surface area contributed by atoms with E-state index in [0.29, 0.717) is 18.3 Å². The Hall–Kier alpha value is -1.62. The van der Waals surface area contributed by atoms with E-state index in [1.165, 1.54) is 25.7 Å². The standard InChI is InChI=1S/C15H24N4O/c1-16-12-7-8-17-14(11-12)15(20)18-9-10-19(2)13-5-3-4-6-13/h7-8,11,13H,3-6,9-10H2,1-2H3,(H,16,17)(H,18,20). The molecule has 5 nitrogen and oxygen atoms in total. The van der Waals surface area contributed by atoms with Gasteiger partial charge in [-0.3, -0.25) is 9.78 Å². The van der Waals surface area contributed by atoms with Crippen molar-refractivity contribution < 1.29 is 4.79 Å². The summed E-state index contributed by atoms with van der Waals surface area (Å²) >= 11 is 0. The molecule has 1 aliphatic carbocycles. The molecule has 5 heteroatoms. The quantitative estimate of drug-likeness (QED) is 0.831. The van der Waals surface area contributed by atoms with Crippen molar-refractivity contribution in [2.24, 2.45) is 0 Å². The monoisotopic (exact) mass is 276 g/mol. The van der Waals surface area contributed by atoms with Crippen molar-refractivity contribution in [1.82, 2.24) is 15.2 Å². The summed E-state index contributed by atoms with van der Waals surface area (Å²) < 4.78 is 0. The van der Waals surface area contributed by atoms with Crippen molar-refractivity contribution in [2.45, 2.75) is 31.7 Å². The van der Waals surface area contributed by atoms with Crippen molar-refractivity contribution in [3.63, 3.8) is 0 Å². The van der Waals surface area contributed by atoms with E-state index in [1.807, 2.05) is 13.1 Å². The van der Waals surface area contributed by atoms with Gasteiger partial charge in [0.05, 0.1) is 0 Å². The minimum absolute atomic E-state index is 0.109. The second kappa shape index (κ2) is 7.24. The first-order chi connectivity index (χ1) is 9.70. The van der Waals surface area contributed by atoms with Crippen LogP contribution in [0.5, 0.6) is 0 Å². The number of hydrogen-bond acceptors (Lipinski definition) is 4. The molecule has 0 aliphatic heterocycles. The SMILES string of the molecule is CNc1ccnc(C(=O)NCCN(C)C2CCCC2)c1. The number of hydrogen-bond donors (Lipinski definition) is 2. The van der Waals surface area contributed by atoms with Gasteiger partial charge < -0.3 is 15.5 Å². The molecule has 2 N–H and O–H groups in total. The lowest BCUT2D eigenvalue weighted by atomic mass is 10.2. The second-order valence-corrected chi connectivity index (χ2v) is 5.35. The molecule has 1 heterocycles. The zero-order valence-electron chi connectivity index (χ0n) is 12.4. The fourth-order valence-electron chi connectivity index (χ4n) is 2.67. The number of likely N-dealkylation sites (N-methyl/N-ethyl adjacent to an activating group) is 1. The highest BCUT2D eigenvalue weighted by atomic mass is 16.1. The summed E-state index contributed by atoms with van der Waals surface area (Å²) in [5, 5.41) is 5.94. The van der Waals surface area contributed by atoms with Gasteiger partial charge in [0.15, 0.2) is 0 Å². The Morgan fingerprint density at radius 3 is 2.90 bits per heavy atom. The molecule has 0 atom stereocenters. The zero-order chi connectivity index (χ0) is 14.4. The Balaban J connectivity index is 1.76. The molecule has 20 heavy (non-hydrogen) atoms. The van der Waals surface area contributed by atoms with Crippen LogP contribution in [-0.2, 0) is 0 Å². The van der Waals surface area contributed by atoms with Crippen LogP contribution in [0, 0.1) is 0 Å². The molecule has 1 fully saturated rings. The van der Waals surface area contributed by atoms with Gasteiger partial charge in [0.25, 0.3) is 5.91 Å². The van der Waals surface area contributed by atoms with Crippen LogP contribution in [0.4, 0.5) is 5.69 Å². The smallest absolute Gasteiger partial charge is 0.269 e. The van der Waals surface area contributed by atoms with E-state index in [0.717, 1.165) is 12.2 Å². The molecule has 0 radical (unpaired) electrons. The molecular weight excluding hydrogens is 252 g/mol. The molecule has 0 aromatic carbocycles. The number of carbonyl (C=O) groups is 1. The van der Waals surface area contributed by atoms with Gasteiger partial charge in [0, 0.05) is 38.1 Å². The van der Waals surface area contributed by atoms with Crippen LogP contribution in [0.1, 0.15) is 36.2 Å². The molecule has 0 unspecified atom stereocenters. The summed E-state index contributed by atoms with van der Waals surface area (Å²) in [5.74, 6) is -0.109. The first kappa shape index (κ1) is 14.8. The number of nitrogens with one attached hydrogen (secondary N) is 2. The largest absolute Gasteiger partial charge is 0.388 e. The summed E-state index contributed by atoms with van der Waals surface area (Å²) in [7, 11) is 3.97. The van der Waals surface area contributed by atoms with Gasteiger partial charge in [-0.2, -0.15) is 0 Å². The van der Waals surface area contributed by atoms with E-state index >= 15 is 0 Å². The molecule has 0 bridgehead atoms. The molecule has 0 saturated heterocycles. The third kappa shape index (κ3) is 3.93. The maximum Gasteiger partial charge on any atom is 0.269 e. The maximum atomic E-state index is 12.0. The first-order valence-electron chi connectivity index (χ1n) is 7.33. The topological polar surface area (TPSA) is 57.3 Å². The highest BCUT2D eigenvalue weighted by Gasteiger charge is 2.19. The Bertz CT molecular complexity index is 443. The molecule has 0 spiro atoms. The van der Waals surface area contributed by atoms with Crippen LogP contribution in [-0.4, -0.2) is 49.0 Å². The fraction of sp³-hybridized carbons (Fsp3) is 0.600. The van der Waals surface area contributed by atoms with Crippen LogP contribution in [0.3, 0.4) is 0 Å². The number of aromatic nitrogens is 1. The van der Waals surface area contributed by atoms with Crippen molar-refractivity contribution >= 4 is 11.6 Å². The molecule has 2 rings (SSSR count). The lowest BCUT2D eigenvalue weighted by Crippen LogP contribution is -2.37. The third-order valence-electron chi connectivity index (χ3n) is 3.98. The lowest BCUT2D eigenvalue weighted by molar-refractivity contribution is 0.0942. The highest BCUT2D eigenvalue weighted by molar-refractivity contribution is 5.93. The van der Waals surface area contributed by atoms with Crippen molar-refractivity contribution in [3.8, 4) is 0 Å². The summed E-state index contributed by atoms with van der Waals surface area (Å²) in [4.78, 5) is 18.4. The summed E-state index contributed by atoms with van der Waals surface area (Å²) in [5.41, 5.74) is 1.36. The van der Waals surface area contributed by atoms with Gasteiger partial charge in [-0.1, -0.05) is 12.8 Å². The van der Waals surface area contributed by atoms with Gasteiger partial charge in [-0.05, 0) is 32.0 Å². The molecule has 1 aromatic rings. The lowest BCUT2D eigenvalue weighted by Gasteiger charge is -2.23. The van der Waals surface area contributed by atoms with Gasteiger partial charge in [0.2, 0.25) is 0 Å². The summed E-state index contributed by atoms with van der Waals surface area (Å²) in [6.07, 6.45) is 6.89. The van der Waals surface area contributed by atoms with Gasteiger partial charge in [-0.25, -0.2) is 0 Å². The Kier molecular flexibility index (Phi) is 5.35. The minimum Gasteiger partial charge on any atom is -0.388 e. The number of carbonyl (C=O) groups excluding carboxylic acids is 1. The van der Waals surface area contributed by atoms with Gasteiger partial charge in [0.1, 0.15) is 5.69 Å². The highest BCUT2D eigenvalue weighted by Crippen LogP contribution is 2.21. The van der Waals surface area contributed by atoms with Crippen LogP contribution in [0.15, 0.2) is 18.3 Å². The van der Waals surface area contributed by atoms with E-state index in [2.05, 4.69) is 27.6 Å². The van der Waals surface area contributed by atoms with Crippen molar-refractivity contribution in [1.29, 1.82) is 0 Å². The number of rotatable bonds is 6. The average molecular weight is 276 g/mol. The van der Waals surface area contributed by atoms with Crippen LogP contribution in [0.2, 0.25) is 0 Å². The van der Waals surface area contributed by atoms with Crippen molar-refractivity contribution in [2.75, 3.05) is 32.5 Å². The Labute approximate surface area is 120 Å². The number of anilines is 1. The molecule has 1 saturated carbocycles. The second-order valence-electron chi connectivity index (χ2n) is 5.35. The summed E-state index contributed by atoms with van der Waals surface area (Å²) in [6, 6.07) is 4.29. The van der Waals surface area contributed by atoms with E-state index in [4.69, 9.17) is 0 Å². The summed E-state index contributed by atoms with van der Waals surface area (Å²) in [6.45, 7) is 1.55. The zero-order valence-corrected chi connectivity index (χ0v) is 12.4. The molecule has 1 amide bonds. The Morgan fingerprint density at radius 2 is 2.20 bits per heavy atom. The van der Waals surface area contributed by atoms with Crippen LogP contribution >= 0.6 is 0 Å². The van der Waals surface area contributed by atoms with E-state index < -0.39 is 0 Å². The normalized spacial score (nSPS) is 15.6. The predicted molar refractivity (Wildman–Crippen MR) is 81.0 cm³/mol. The molecule has 1 aliphatic rings. The molecule has 1 aromatic heterocycles.